The summed E-state index contributed by atoms with van der Waals surface area (Å²) in [5.41, 5.74) is 8.37. The zero-order valence-corrected chi connectivity index (χ0v) is 15.9. The van der Waals surface area contributed by atoms with Crippen molar-refractivity contribution in [1.29, 1.82) is 0 Å². The number of benzene rings is 2. The van der Waals surface area contributed by atoms with Crippen LogP contribution in [0.4, 0.5) is 0 Å². The normalized spacial score (nSPS) is 13.9. The van der Waals surface area contributed by atoms with E-state index in [0.717, 1.165) is 37.0 Å². The predicted octanol–water partition coefficient (Wildman–Crippen LogP) is 7.20. The minimum atomic E-state index is 0. The van der Waals surface area contributed by atoms with Crippen LogP contribution in [0.5, 0.6) is 0 Å². The van der Waals surface area contributed by atoms with E-state index in [4.69, 9.17) is 4.42 Å². The van der Waals surface area contributed by atoms with Gasteiger partial charge in [0.1, 0.15) is 11.3 Å². The molecule has 0 saturated heterocycles. The second-order valence-electron chi connectivity index (χ2n) is 8.12. The molecule has 3 aromatic rings. The number of furan rings is 1. The van der Waals surface area contributed by atoms with Crippen LogP contribution < -0.4 is 0 Å². The lowest BCUT2D eigenvalue weighted by atomic mass is 9.88. The number of aryl methyl sites for hydroxylation is 4. The third kappa shape index (κ3) is 3.32. The number of rotatable bonds is 2. The minimum absolute atomic E-state index is 0. The highest BCUT2D eigenvalue weighted by Crippen LogP contribution is 2.33. The molecule has 0 atom stereocenters. The summed E-state index contributed by atoms with van der Waals surface area (Å²) in [6, 6.07) is 14.0. The highest BCUT2D eigenvalue weighted by molar-refractivity contribution is 5.85. The van der Waals surface area contributed by atoms with Gasteiger partial charge in [-0.15, -0.1) is 0 Å². The zero-order valence-electron chi connectivity index (χ0n) is 15.9. The standard InChI is InChI=1S/C24H28O.CH4/c1-15(2)21-13-17-5-7-18(21)9-10-19-11-12-20(8-6-17)24-22(19)14-23(25-24)16(3)4;/h5,7,11-16H,6,8-10H2,1-4H3;1H4. The van der Waals surface area contributed by atoms with E-state index in [1.807, 2.05) is 0 Å². The lowest BCUT2D eigenvalue weighted by Crippen LogP contribution is -2.03. The lowest BCUT2D eigenvalue weighted by Gasteiger charge is -2.17. The first-order valence-electron chi connectivity index (χ1n) is 9.69. The van der Waals surface area contributed by atoms with E-state index in [1.165, 1.54) is 33.2 Å². The van der Waals surface area contributed by atoms with Gasteiger partial charge in [0.25, 0.3) is 0 Å². The van der Waals surface area contributed by atoms with E-state index < -0.39 is 0 Å². The van der Waals surface area contributed by atoms with Crippen molar-refractivity contribution >= 4 is 11.0 Å². The SMILES string of the molecule is C.CC(C)c1cc2c3ccc(c2o1)CCc1ccc(c(C(C)C)c1)CC3. The van der Waals surface area contributed by atoms with Gasteiger partial charge in [-0.2, -0.15) is 0 Å². The van der Waals surface area contributed by atoms with Crippen molar-refractivity contribution in [3.8, 4) is 0 Å². The van der Waals surface area contributed by atoms with Gasteiger partial charge in [-0.3, -0.25) is 0 Å². The Morgan fingerprint density at radius 3 is 2.12 bits per heavy atom. The summed E-state index contributed by atoms with van der Waals surface area (Å²) in [6.07, 6.45) is 4.29. The predicted molar refractivity (Wildman–Crippen MR) is 112 cm³/mol. The highest BCUT2D eigenvalue weighted by Gasteiger charge is 2.17. The molecule has 0 radical (unpaired) electrons. The van der Waals surface area contributed by atoms with Crippen molar-refractivity contribution in [2.45, 2.75) is 72.6 Å². The van der Waals surface area contributed by atoms with Crippen molar-refractivity contribution in [2.24, 2.45) is 0 Å². The molecule has 0 saturated carbocycles. The van der Waals surface area contributed by atoms with E-state index in [9.17, 15) is 0 Å². The average Bonchev–Trinajstić information content (AvgIpc) is 3.02. The molecule has 0 amide bonds. The van der Waals surface area contributed by atoms with E-state index in [1.54, 1.807) is 0 Å². The van der Waals surface area contributed by atoms with Gasteiger partial charge in [0.15, 0.2) is 0 Å². The van der Waals surface area contributed by atoms with Crippen LogP contribution in [0.3, 0.4) is 0 Å². The first kappa shape index (κ1) is 18.8. The maximum absolute atomic E-state index is 6.29. The van der Waals surface area contributed by atoms with Crippen LogP contribution in [0.15, 0.2) is 40.8 Å². The first-order chi connectivity index (χ1) is 12.0. The summed E-state index contributed by atoms with van der Waals surface area (Å²) >= 11 is 0. The van der Waals surface area contributed by atoms with Gasteiger partial charge in [-0.05, 0) is 65.5 Å². The molecule has 0 aliphatic heterocycles. The van der Waals surface area contributed by atoms with E-state index in [0.29, 0.717) is 11.8 Å². The third-order valence-electron chi connectivity index (χ3n) is 5.62. The molecule has 7 rings (SSSR count). The third-order valence-corrected chi connectivity index (χ3v) is 5.62. The summed E-state index contributed by atoms with van der Waals surface area (Å²) in [5, 5.41) is 1.34. The summed E-state index contributed by atoms with van der Waals surface area (Å²) in [7, 11) is 0. The molecule has 1 heteroatoms. The van der Waals surface area contributed by atoms with Crippen LogP contribution in [-0.2, 0) is 25.7 Å². The van der Waals surface area contributed by atoms with Crippen LogP contribution in [-0.4, -0.2) is 0 Å². The Kier molecular flexibility index (Phi) is 5.27. The fourth-order valence-corrected chi connectivity index (χ4v) is 4.07. The van der Waals surface area contributed by atoms with Crippen LogP contribution >= 0.6 is 0 Å². The van der Waals surface area contributed by atoms with Crippen molar-refractivity contribution in [3.63, 3.8) is 0 Å². The molecule has 4 aliphatic carbocycles. The maximum Gasteiger partial charge on any atom is 0.137 e. The van der Waals surface area contributed by atoms with Gasteiger partial charge in [-0.1, -0.05) is 65.5 Å². The Bertz CT molecular complexity index is 911. The van der Waals surface area contributed by atoms with Gasteiger partial charge < -0.3 is 4.42 Å². The molecular formula is C25H32O. The molecule has 4 aliphatic rings. The van der Waals surface area contributed by atoms with Gasteiger partial charge in [-0.25, -0.2) is 0 Å². The van der Waals surface area contributed by atoms with Crippen molar-refractivity contribution in [3.05, 3.63) is 70.0 Å². The summed E-state index contributed by atoms with van der Waals surface area (Å²) in [5.74, 6) is 2.13. The molecule has 26 heavy (non-hydrogen) atoms. The van der Waals surface area contributed by atoms with E-state index in [-0.39, 0.29) is 7.43 Å². The van der Waals surface area contributed by atoms with Crippen molar-refractivity contribution < 1.29 is 4.42 Å². The Labute approximate surface area is 158 Å². The van der Waals surface area contributed by atoms with Crippen molar-refractivity contribution in [2.75, 3.05) is 0 Å². The van der Waals surface area contributed by atoms with E-state index >= 15 is 0 Å². The Balaban J connectivity index is 0.00000196. The first-order valence-corrected chi connectivity index (χ1v) is 9.69. The second kappa shape index (κ2) is 7.31. The quantitative estimate of drug-likeness (QED) is 0.477. The summed E-state index contributed by atoms with van der Waals surface area (Å²) < 4.78 is 6.29. The molecule has 0 unspecified atom stereocenters. The van der Waals surface area contributed by atoms with Crippen LogP contribution in [0.1, 0.15) is 80.5 Å². The van der Waals surface area contributed by atoms with Gasteiger partial charge in [0, 0.05) is 11.3 Å². The van der Waals surface area contributed by atoms with E-state index in [2.05, 4.69) is 64.1 Å². The number of hydrogen-bond donors (Lipinski definition) is 0. The second-order valence-corrected chi connectivity index (χ2v) is 8.12. The molecule has 4 bridgehead atoms. The molecule has 1 nitrogen and oxygen atoms in total. The topological polar surface area (TPSA) is 13.1 Å². The molecule has 0 spiro atoms. The number of hydrogen-bond acceptors (Lipinski definition) is 1. The Hall–Kier alpha value is -2.02. The lowest BCUT2D eigenvalue weighted by molar-refractivity contribution is 0.519. The monoisotopic (exact) mass is 348 g/mol. The highest BCUT2D eigenvalue weighted by atomic mass is 16.3. The van der Waals surface area contributed by atoms with Crippen LogP contribution in [0.25, 0.3) is 11.0 Å². The molecule has 0 N–H and O–H groups in total. The molecule has 2 aromatic carbocycles. The van der Waals surface area contributed by atoms with Crippen molar-refractivity contribution in [1.82, 2.24) is 0 Å². The summed E-state index contributed by atoms with van der Waals surface area (Å²) in [6.45, 7) is 9.04. The van der Waals surface area contributed by atoms with Gasteiger partial charge >= 0.3 is 0 Å². The minimum Gasteiger partial charge on any atom is -0.461 e. The fraction of sp³-hybridized carbons (Fsp3) is 0.440. The smallest absolute Gasteiger partial charge is 0.137 e. The Morgan fingerprint density at radius 1 is 0.731 bits per heavy atom. The average molecular weight is 349 g/mol. The summed E-state index contributed by atoms with van der Waals surface area (Å²) in [4.78, 5) is 0. The fourth-order valence-electron chi connectivity index (χ4n) is 4.07. The van der Waals surface area contributed by atoms with Crippen LogP contribution in [0.2, 0.25) is 0 Å². The largest absolute Gasteiger partial charge is 0.461 e. The van der Waals surface area contributed by atoms with Gasteiger partial charge in [0.05, 0.1) is 0 Å². The molecule has 138 valence electrons. The molecule has 1 aromatic heterocycles. The van der Waals surface area contributed by atoms with Gasteiger partial charge in [0.2, 0.25) is 0 Å². The maximum atomic E-state index is 6.29. The zero-order chi connectivity index (χ0) is 17.6. The molecular weight excluding hydrogens is 316 g/mol. The Morgan fingerprint density at radius 2 is 1.38 bits per heavy atom. The molecule has 1 heterocycles. The van der Waals surface area contributed by atoms with Crippen LogP contribution in [0, 0.1) is 0 Å². The molecule has 0 fully saturated rings.